The van der Waals surface area contributed by atoms with Crippen molar-refractivity contribution in [2.45, 2.75) is 45.3 Å². The van der Waals surface area contributed by atoms with Crippen LogP contribution in [-0.4, -0.2) is 31.9 Å². The van der Waals surface area contributed by atoms with Gasteiger partial charge < -0.3 is 5.32 Å². The molecule has 0 fully saturated rings. The van der Waals surface area contributed by atoms with E-state index in [-0.39, 0.29) is 17.7 Å². The summed E-state index contributed by atoms with van der Waals surface area (Å²) >= 11 is 1.34. The van der Waals surface area contributed by atoms with Gasteiger partial charge in [-0.25, -0.2) is 0 Å². The fourth-order valence-corrected chi connectivity index (χ4v) is 3.88. The van der Waals surface area contributed by atoms with Gasteiger partial charge in [-0.15, -0.1) is 5.10 Å². The minimum atomic E-state index is -0.0278. The van der Waals surface area contributed by atoms with E-state index < -0.39 is 0 Å². The molecule has 7 heteroatoms. The van der Waals surface area contributed by atoms with Gasteiger partial charge in [0, 0.05) is 0 Å². The molecule has 0 spiro atoms. The Kier molecular flexibility index (Phi) is 7.04. The second-order valence-corrected chi connectivity index (χ2v) is 8.48. The lowest BCUT2D eigenvalue weighted by Gasteiger charge is -2.21. The number of tetrazole rings is 1. The van der Waals surface area contributed by atoms with Crippen LogP contribution < -0.4 is 5.32 Å². The molecule has 2 aromatic carbocycles. The van der Waals surface area contributed by atoms with Gasteiger partial charge in [0.1, 0.15) is 0 Å². The van der Waals surface area contributed by atoms with Crippen molar-refractivity contribution < 1.29 is 4.79 Å². The van der Waals surface area contributed by atoms with Crippen molar-refractivity contribution in [2.24, 2.45) is 5.92 Å². The molecule has 0 radical (unpaired) electrons. The van der Waals surface area contributed by atoms with Gasteiger partial charge in [0.05, 0.1) is 17.5 Å². The molecular weight excluding hydrogens is 382 g/mol. The first-order valence-corrected chi connectivity index (χ1v) is 10.8. The summed E-state index contributed by atoms with van der Waals surface area (Å²) in [7, 11) is 0. The zero-order valence-electron chi connectivity index (χ0n) is 17.3. The summed E-state index contributed by atoms with van der Waals surface area (Å²) in [5.74, 6) is 0.705. The van der Waals surface area contributed by atoms with Crippen LogP contribution in [0.2, 0.25) is 0 Å². The van der Waals surface area contributed by atoms with Crippen LogP contribution in [0, 0.1) is 19.8 Å². The van der Waals surface area contributed by atoms with Gasteiger partial charge in [0.2, 0.25) is 11.1 Å². The fourth-order valence-electron chi connectivity index (χ4n) is 3.19. The highest BCUT2D eigenvalue weighted by Crippen LogP contribution is 2.24. The van der Waals surface area contributed by atoms with Gasteiger partial charge in [-0.1, -0.05) is 68.1 Å². The minimum Gasteiger partial charge on any atom is -0.349 e. The number of nitrogens with zero attached hydrogens (tertiary/aromatic N) is 4. The van der Waals surface area contributed by atoms with Crippen molar-refractivity contribution in [3.63, 3.8) is 0 Å². The molecule has 1 N–H and O–H groups in total. The number of carbonyl (C=O) groups excluding carboxylic acids is 1. The summed E-state index contributed by atoms with van der Waals surface area (Å²) < 4.78 is 1.70. The van der Waals surface area contributed by atoms with Gasteiger partial charge in [0.15, 0.2) is 0 Å². The number of carbonyl (C=O) groups is 1. The van der Waals surface area contributed by atoms with Gasteiger partial charge in [-0.3, -0.25) is 4.79 Å². The van der Waals surface area contributed by atoms with E-state index in [0.717, 1.165) is 23.2 Å². The van der Waals surface area contributed by atoms with Crippen LogP contribution in [0.1, 0.15) is 43.0 Å². The molecule has 0 aliphatic heterocycles. The first-order chi connectivity index (χ1) is 14.0. The van der Waals surface area contributed by atoms with Crippen LogP contribution in [0.3, 0.4) is 0 Å². The highest BCUT2D eigenvalue weighted by molar-refractivity contribution is 7.99. The highest BCUT2D eigenvalue weighted by atomic mass is 32.2. The average molecular weight is 410 g/mol. The molecule has 6 nitrogen and oxygen atoms in total. The smallest absolute Gasteiger partial charge is 0.230 e. The molecule has 152 valence electrons. The van der Waals surface area contributed by atoms with E-state index in [1.54, 1.807) is 4.68 Å². The van der Waals surface area contributed by atoms with Crippen LogP contribution in [0.25, 0.3) is 5.69 Å². The Hall–Kier alpha value is -2.67. The lowest BCUT2D eigenvalue weighted by Crippen LogP contribution is -2.31. The standard InChI is InChI=1S/C22H27N5OS/c1-15(2)13-19(18-10-6-5-7-11-18)23-21(28)14-29-22-24-25-26-27(22)20-12-8-9-16(3)17(20)4/h5-12,15,19H,13-14H2,1-4H3,(H,23,28)/t19-/m1/s1. The van der Waals surface area contributed by atoms with Crippen molar-refractivity contribution in [3.05, 3.63) is 65.2 Å². The number of hydrogen-bond acceptors (Lipinski definition) is 5. The van der Waals surface area contributed by atoms with E-state index in [4.69, 9.17) is 0 Å². The SMILES string of the molecule is Cc1cccc(-n2nnnc2SCC(=O)N[C@H](CC(C)C)c2ccccc2)c1C. The van der Waals surface area contributed by atoms with E-state index in [2.05, 4.69) is 59.8 Å². The molecule has 1 atom stereocenters. The second kappa shape index (κ2) is 9.69. The minimum absolute atomic E-state index is 0.000637. The summed E-state index contributed by atoms with van der Waals surface area (Å²) in [4.78, 5) is 12.7. The molecule has 29 heavy (non-hydrogen) atoms. The summed E-state index contributed by atoms with van der Waals surface area (Å²) in [6.07, 6.45) is 0.890. The highest BCUT2D eigenvalue weighted by Gasteiger charge is 2.18. The van der Waals surface area contributed by atoms with Crippen molar-refractivity contribution in [3.8, 4) is 5.69 Å². The van der Waals surface area contributed by atoms with Crippen LogP contribution in [0.5, 0.6) is 0 Å². The second-order valence-electron chi connectivity index (χ2n) is 7.54. The van der Waals surface area contributed by atoms with Crippen molar-refractivity contribution in [2.75, 3.05) is 5.75 Å². The third kappa shape index (κ3) is 5.44. The molecule has 0 unspecified atom stereocenters. The molecule has 1 aromatic heterocycles. The van der Waals surface area contributed by atoms with Crippen LogP contribution >= 0.6 is 11.8 Å². The third-order valence-electron chi connectivity index (χ3n) is 4.82. The van der Waals surface area contributed by atoms with Gasteiger partial charge >= 0.3 is 0 Å². The lowest BCUT2D eigenvalue weighted by molar-refractivity contribution is -0.119. The van der Waals surface area contributed by atoms with Gasteiger partial charge in [-0.05, 0) is 59.4 Å². The van der Waals surface area contributed by atoms with E-state index >= 15 is 0 Å². The Bertz CT molecular complexity index is 955. The maximum atomic E-state index is 12.7. The quantitative estimate of drug-likeness (QED) is 0.562. The molecule has 0 saturated heterocycles. The van der Waals surface area contributed by atoms with E-state index in [0.29, 0.717) is 11.1 Å². The summed E-state index contributed by atoms with van der Waals surface area (Å²) in [5, 5.41) is 15.8. The number of nitrogens with one attached hydrogen (secondary N) is 1. The molecule has 3 aromatic rings. The van der Waals surface area contributed by atoms with Crippen molar-refractivity contribution >= 4 is 17.7 Å². The Labute approximate surface area is 176 Å². The first kappa shape index (κ1) is 21.0. The molecule has 1 heterocycles. The molecule has 0 bridgehead atoms. The van der Waals surface area contributed by atoms with Gasteiger partial charge in [0.25, 0.3) is 0 Å². The maximum absolute atomic E-state index is 12.7. The molecule has 3 rings (SSSR count). The number of thioether (sulfide) groups is 1. The number of aromatic nitrogens is 4. The summed E-state index contributed by atoms with van der Waals surface area (Å²) in [6.45, 7) is 8.43. The Balaban J connectivity index is 1.68. The zero-order chi connectivity index (χ0) is 20.8. The van der Waals surface area contributed by atoms with Gasteiger partial charge in [-0.2, -0.15) is 4.68 Å². The number of benzene rings is 2. The number of hydrogen-bond donors (Lipinski definition) is 1. The van der Waals surface area contributed by atoms with E-state index in [1.807, 2.05) is 37.3 Å². The fraction of sp³-hybridized carbons (Fsp3) is 0.364. The maximum Gasteiger partial charge on any atom is 0.230 e. The molecular formula is C22H27N5OS. The number of amides is 1. The largest absolute Gasteiger partial charge is 0.349 e. The normalized spacial score (nSPS) is 12.2. The van der Waals surface area contributed by atoms with Crippen molar-refractivity contribution in [1.29, 1.82) is 0 Å². The van der Waals surface area contributed by atoms with Crippen LogP contribution in [0.15, 0.2) is 53.7 Å². The van der Waals surface area contributed by atoms with E-state index in [1.165, 1.54) is 17.3 Å². The predicted octanol–water partition coefficient (Wildman–Crippen LogP) is 4.27. The Morgan fingerprint density at radius 3 is 2.59 bits per heavy atom. The average Bonchev–Trinajstić information content (AvgIpc) is 3.17. The molecule has 0 aliphatic rings. The van der Waals surface area contributed by atoms with Crippen LogP contribution in [-0.2, 0) is 4.79 Å². The zero-order valence-corrected chi connectivity index (χ0v) is 18.1. The Morgan fingerprint density at radius 1 is 1.10 bits per heavy atom. The lowest BCUT2D eigenvalue weighted by atomic mass is 9.97. The molecule has 0 aliphatic carbocycles. The third-order valence-corrected chi connectivity index (χ3v) is 5.74. The summed E-state index contributed by atoms with van der Waals surface area (Å²) in [6, 6.07) is 16.1. The predicted molar refractivity (Wildman–Crippen MR) is 116 cm³/mol. The van der Waals surface area contributed by atoms with Crippen LogP contribution in [0.4, 0.5) is 0 Å². The molecule has 1 amide bonds. The van der Waals surface area contributed by atoms with Crippen molar-refractivity contribution in [1.82, 2.24) is 25.5 Å². The monoisotopic (exact) mass is 409 g/mol. The summed E-state index contributed by atoms with van der Waals surface area (Å²) in [5.41, 5.74) is 4.35. The first-order valence-electron chi connectivity index (χ1n) is 9.77. The Morgan fingerprint density at radius 2 is 1.86 bits per heavy atom. The van der Waals surface area contributed by atoms with E-state index in [9.17, 15) is 4.79 Å². The topological polar surface area (TPSA) is 72.7 Å². The molecule has 0 saturated carbocycles. The number of rotatable bonds is 8. The number of aryl methyl sites for hydroxylation is 1.